The summed E-state index contributed by atoms with van der Waals surface area (Å²) in [5.41, 5.74) is 2.43. The summed E-state index contributed by atoms with van der Waals surface area (Å²) in [5, 5.41) is 21.7. The highest BCUT2D eigenvalue weighted by atomic mass is 16.5. The Hall–Kier alpha value is -1.44. The van der Waals surface area contributed by atoms with Gasteiger partial charge in [-0.25, -0.2) is 0 Å². The zero-order valence-corrected chi connectivity index (χ0v) is 46.8. The van der Waals surface area contributed by atoms with Crippen molar-refractivity contribution < 1.29 is 34.0 Å². The molecule has 0 aliphatic heterocycles. The highest BCUT2D eigenvalue weighted by Gasteiger charge is 2.74. The minimum Gasteiger partial charge on any atom is -0.469 e. The molecule has 7 nitrogen and oxygen atoms in total. The topological polar surface area (TPSA) is 102 Å². The van der Waals surface area contributed by atoms with E-state index in [1.54, 1.807) is 14.2 Å². The van der Waals surface area contributed by atoms with Crippen LogP contribution in [0.2, 0.25) is 0 Å². The summed E-state index contributed by atoms with van der Waals surface area (Å²) < 4.78 is 17.0. The second kappa shape index (κ2) is 17.0. The summed E-state index contributed by atoms with van der Waals surface area (Å²) in [6, 6.07) is 0. The molecule has 0 amide bonds. The molecule has 10 rings (SSSR count). The van der Waals surface area contributed by atoms with E-state index in [-0.39, 0.29) is 73.9 Å². The third-order valence-corrected chi connectivity index (χ3v) is 27.6. The van der Waals surface area contributed by atoms with Crippen LogP contribution in [0.3, 0.4) is 0 Å². The van der Waals surface area contributed by atoms with Crippen LogP contribution in [0.15, 0.2) is 12.2 Å². The van der Waals surface area contributed by atoms with Crippen LogP contribution >= 0.6 is 0 Å². The quantitative estimate of drug-likeness (QED) is 0.209. The maximum atomic E-state index is 13.4. The Balaban J connectivity index is 0.000000172. The molecule has 0 heterocycles. The maximum absolute atomic E-state index is 13.4. The average Bonchev–Trinajstić information content (AvgIpc) is 3.89. The van der Waals surface area contributed by atoms with Gasteiger partial charge < -0.3 is 24.4 Å². The Labute approximate surface area is 421 Å². The van der Waals surface area contributed by atoms with Crippen LogP contribution in [-0.4, -0.2) is 61.8 Å². The third kappa shape index (κ3) is 6.76. The number of fused-ring (bicyclic) bond motifs is 14. The molecule has 10 aliphatic rings. The Bertz CT molecular complexity index is 2010. The number of methoxy groups -OCH3 is 3. The molecule has 10 saturated carbocycles. The fraction of sp³-hybridized carbons (Fsp3) is 0.935. The van der Waals surface area contributed by atoms with Crippen molar-refractivity contribution >= 4 is 11.9 Å². The molecule has 0 aromatic heterocycles. The van der Waals surface area contributed by atoms with E-state index in [4.69, 9.17) is 14.2 Å². The molecule has 0 aromatic carbocycles. The molecular formula is C62H102O7. The molecule has 69 heavy (non-hydrogen) atoms. The lowest BCUT2D eigenvalue weighted by atomic mass is 9.32. The fourth-order valence-electron chi connectivity index (χ4n) is 23.8. The molecule has 2 N–H and O–H groups in total. The van der Waals surface area contributed by atoms with Gasteiger partial charge >= 0.3 is 11.9 Å². The molecule has 392 valence electrons. The minimum atomic E-state index is -0.401. The van der Waals surface area contributed by atoms with Crippen LogP contribution in [0.5, 0.6) is 0 Å². The smallest absolute Gasteiger partial charge is 0.312 e. The molecule has 10 fully saturated rings. The number of carbonyl (C=O) groups is 2. The van der Waals surface area contributed by atoms with Crippen LogP contribution < -0.4 is 0 Å². The van der Waals surface area contributed by atoms with Gasteiger partial charge in [0.25, 0.3) is 0 Å². The zero-order chi connectivity index (χ0) is 50.5. The number of aliphatic hydroxyl groups is 2. The number of hydrogen-bond acceptors (Lipinski definition) is 7. The Kier molecular flexibility index (Phi) is 12.9. The number of esters is 2. The lowest BCUT2D eigenvalue weighted by Crippen LogP contribution is -2.67. The molecular weight excluding hydrogens is 857 g/mol. The number of ether oxygens (including phenoxy) is 3. The lowest BCUT2D eigenvalue weighted by molar-refractivity contribution is -0.250. The normalized spacial score (nSPS) is 53.6. The number of allylic oxidation sites excluding steroid dienone is 1. The first-order chi connectivity index (χ1) is 32.1. The van der Waals surface area contributed by atoms with Gasteiger partial charge in [-0.05, 0) is 245 Å². The molecule has 0 saturated heterocycles. The second-order valence-electron chi connectivity index (χ2n) is 29.6. The Morgan fingerprint density at radius 1 is 0.522 bits per heavy atom. The molecule has 7 heteroatoms. The van der Waals surface area contributed by atoms with Gasteiger partial charge in [-0.2, -0.15) is 0 Å². The van der Waals surface area contributed by atoms with Crippen molar-refractivity contribution in [1.29, 1.82) is 0 Å². The van der Waals surface area contributed by atoms with E-state index in [1.165, 1.54) is 69.8 Å². The molecule has 0 spiro atoms. The van der Waals surface area contributed by atoms with Crippen LogP contribution in [0.25, 0.3) is 0 Å². The summed E-state index contributed by atoms with van der Waals surface area (Å²) in [6.07, 6.45) is 22.4. The molecule has 10 aliphatic carbocycles. The maximum Gasteiger partial charge on any atom is 0.312 e. The van der Waals surface area contributed by atoms with E-state index in [0.717, 1.165) is 76.0 Å². The highest BCUT2D eigenvalue weighted by Crippen LogP contribution is 2.80. The van der Waals surface area contributed by atoms with Crippen LogP contribution in [0.4, 0.5) is 0 Å². The van der Waals surface area contributed by atoms with Crippen molar-refractivity contribution in [3.8, 4) is 0 Å². The van der Waals surface area contributed by atoms with E-state index in [1.807, 2.05) is 14.0 Å². The average molecular weight is 959 g/mol. The Morgan fingerprint density at radius 2 is 0.986 bits per heavy atom. The number of carbonyl (C=O) groups excluding carboxylic acids is 2. The van der Waals surface area contributed by atoms with Crippen molar-refractivity contribution in [3.05, 3.63) is 12.2 Å². The number of rotatable bonds is 5. The second-order valence-corrected chi connectivity index (χ2v) is 29.6. The third-order valence-electron chi connectivity index (χ3n) is 27.6. The largest absolute Gasteiger partial charge is 0.469 e. The molecule has 21 atom stereocenters. The first-order valence-electron chi connectivity index (χ1n) is 28.8. The fourth-order valence-corrected chi connectivity index (χ4v) is 23.8. The number of aliphatic hydroxyl groups excluding tert-OH is 2. The van der Waals surface area contributed by atoms with Gasteiger partial charge in [0.2, 0.25) is 0 Å². The number of hydrogen-bond donors (Lipinski definition) is 2. The van der Waals surface area contributed by atoms with Crippen molar-refractivity contribution in [3.63, 3.8) is 0 Å². The van der Waals surface area contributed by atoms with Gasteiger partial charge in [0, 0.05) is 7.11 Å². The van der Waals surface area contributed by atoms with Crippen LogP contribution in [0.1, 0.15) is 212 Å². The SMILES string of the molecule is C=C(C)[C@@H]1CC[C@]2(C(=O)OC)CC[C@]3(C)C(CCC4[C@@]5(C)CC[C@H](OC)C(C)(C)C5CC[C@]43C)C12.COC(=O)[C@]12CC[C@@H](C(C)O)C1C1CCC3[C@@]4(C)CC[C@H](O)C(C)(C)C4CC[C@@]3(C)[C@]1(C)CC2. The first-order valence-corrected chi connectivity index (χ1v) is 28.8. The van der Waals surface area contributed by atoms with Crippen molar-refractivity contribution in [2.45, 2.75) is 230 Å². The summed E-state index contributed by atoms with van der Waals surface area (Å²) in [5.74, 6) is 5.07. The van der Waals surface area contributed by atoms with E-state index >= 15 is 0 Å². The minimum absolute atomic E-state index is 0.0198. The van der Waals surface area contributed by atoms with Crippen molar-refractivity contribution in [2.75, 3.05) is 21.3 Å². The van der Waals surface area contributed by atoms with E-state index in [2.05, 4.69) is 82.7 Å². The first kappa shape index (κ1) is 52.4. The van der Waals surface area contributed by atoms with Gasteiger partial charge in [-0.15, -0.1) is 0 Å². The van der Waals surface area contributed by atoms with Gasteiger partial charge in [-0.1, -0.05) is 81.4 Å². The van der Waals surface area contributed by atoms with E-state index in [0.29, 0.717) is 52.4 Å². The summed E-state index contributed by atoms with van der Waals surface area (Å²) in [6.45, 7) is 33.9. The molecule has 0 radical (unpaired) electrons. The van der Waals surface area contributed by atoms with Crippen LogP contribution in [-0.2, 0) is 23.8 Å². The summed E-state index contributed by atoms with van der Waals surface area (Å²) in [7, 11) is 5.08. The van der Waals surface area contributed by atoms with E-state index in [9.17, 15) is 19.8 Å². The van der Waals surface area contributed by atoms with Crippen LogP contribution in [0, 0.1) is 113 Å². The summed E-state index contributed by atoms with van der Waals surface area (Å²) in [4.78, 5) is 26.7. The highest BCUT2D eigenvalue weighted by molar-refractivity contribution is 5.79. The van der Waals surface area contributed by atoms with E-state index < -0.39 is 5.41 Å². The Morgan fingerprint density at radius 3 is 1.46 bits per heavy atom. The predicted molar refractivity (Wildman–Crippen MR) is 276 cm³/mol. The molecule has 9 unspecified atom stereocenters. The standard InChI is InChI=1S/C32H52O3.C30H50O4/c1-20(2)21-12-17-32(27(33)35-9)19-18-30(6)22(26(21)32)10-11-24-29(5)15-14-25(34-8)28(3,4)23(29)13-16-31(24,30)7;1-18(31)19-10-15-30(25(33)34-7)17-16-28(5)20(24(19)30)8-9-22-27(4)13-12-23(32)26(2,3)21(27)11-14-29(22,28)6/h21-26H,1,10-19H2,2-9H3;18-24,31-32H,8-17H2,1-7H3/t21-,22?,23?,24?,25-,26?,29-,30+,31+,32-;18?,19-,20?,21?,22?,23-,24?,27-,28+,29+,30-/m00/s1. The predicted octanol–water partition coefficient (Wildman–Crippen LogP) is 13.8. The van der Waals surface area contributed by atoms with Crippen molar-refractivity contribution in [2.24, 2.45) is 113 Å². The zero-order valence-electron chi connectivity index (χ0n) is 46.8. The molecule has 0 bridgehead atoms. The van der Waals surface area contributed by atoms with Gasteiger partial charge in [0.1, 0.15) is 0 Å². The summed E-state index contributed by atoms with van der Waals surface area (Å²) >= 11 is 0. The van der Waals surface area contributed by atoms with Gasteiger partial charge in [-0.3, -0.25) is 9.59 Å². The lowest BCUT2D eigenvalue weighted by Gasteiger charge is -2.72. The van der Waals surface area contributed by atoms with Gasteiger partial charge in [0.05, 0.1) is 43.4 Å². The van der Waals surface area contributed by atoms with Crippen molar-refractivity contribution in [1.82, 2.24) is 0 Å². The molecule has 0 aromatic rings. The van der Waals surface area contributed by atoms with Gasteiger partial charge in [0.15, 0.2) is 0 Å². The monoisotopic (exact) mass is 959 g/mol.